The van der Waals surface area contributed by atoms with Crippen LogP contribution in [0.5, 0.6) is 5.75 Å². The predicted octanol–water partition coefficient (Wildman–Crippen LogP) is 5.02. The number of carbonyl (C=O) groups excluding carboxylic acids is 3. The Hall–Kier alpha value is -4.09. The Morgan fingerprint density at radius 3 is 2.19 bits per heavy atom. The number of amides is 1. The maximum Gasteiger partial charge on any atom is 0.308 e. The van der Waals surface area contributed by atoms with E-state index < -0.39 is 39.8 Å². The summed E-state index contributed by atoms with van der Waals surface area (Å²) in [6.45, 7) is 2.97. The highest BCUT2D eigenvalue weighted by molar-refractivity contribution is 7.88. The number of hydrogen-bond donors (Lipinski definition) is 1. The molecule has 228 valence electrons. The summed E-state index contributed by atoms with van der Waals surface area (Å²) in [7, 11) is -3.24. The summed E-state index contributed by atoms with van der Waals surface area (Å²) in [6.07, 6.45) is 2.56. The molecule has 1 N–H and O–H groups in total. The summed E-state index contributed by atoms with van der Waals surface area (Å²) in [4.78, 5) is 38.5. The highest BCUT2D eigenvalue weighted by Crippen LogP contribution is 2.47. The van der Waals surface area contributed by atoms with E-state index in [-0.39, 0.29) is 11.9 Å². The van der Waals surface area contributed by atoms with Crippen LogP contribution in [0.4, 0.5) is 10.1 Å². The van der Waals surface area contributed by atoms with Crippen LogP contribution in [0.15, 0.2) is 72.8 Å². The molecule has 11 heteroatoms. The van der Waals surface area contributed by atoms with Crippen molar-refractivity contribution in [1.29, 1.82) is 0 Å². The Morgan fingerprint density at radius 2 is 1.60 bits per heavy atom. The average molecular weight is 611 g/mol. The van der Waals surface area contributed by atoms with Crippen molar-refractivity contribution in [1.82, 2.24) is 4.72 Å². The van der Waals surface area contributed by atoms with Gasteiger partial charge in [-0.1, -0.05) is 36.4 Å². The topological polar surface area (TPSA) is 119 Å². The Kier molecular flexibility index (Phi) is 10.3. The maximum absolute atomic E-state index is 13.6. The standard InChI is InChI=1S/C32H35FN2O7S/c1-21(36)41-28-16-10-25(11-17-28)31-29(18-19-30(42-22(2)37)24-8-12-26(33)13-9-24)32(38)35(31)27-14-6-23(7-15-27)5-4-20-34-43(3,39)40/h6-17,29-31,34H,4-5,18-20H2,1-3H3. The first-order valence-electron chi connectivity index (χ1n) is 14.0. The highest BCUT2D eigenvalue weighted by Gasteiger charge is 2.48. The second-order valence-electron chi connectivity index (χ2n) is 10.6. The first kappa shape index (κ1) is 31.8. The second kappa shape index (κ2) is 13.9. The van der Waals surface area contributed by atoms with Gasteiger partial charge in [0.1, 0.15) is 17.7 Å². The van der Waals surface area contributed by atoms with E-state index in [1.54, 1.807) is 29.2 Å². The van der Waals surface area contributed by atoms with E-state index in [4.69, 9.17) is 9.47 Å². The fourth-order valence-corrected chi connectivity index (χ4v) is 5.79. The molecule has 1 saturated heterocycles. The minimum absolute atomic E-state index is 0.0835. The molecule has 1 amide bonds. The number of aryl methyl sites for hydroxylation is 1. The lowest BCUT2D eigenvalue weighted by atomic mass is 9.78. The lowest BCUT2D eigenvalue weighted by Gasteiger charge is -2.48. The second-order valence-corrected chi connectivity index (χ2v) is 12.4. The molecule has 43 heavy (non-hydrogen) atoms. The van der Waals surface area contributed by atoms with Crippen molar-refractivity contribution in [2.75, 3.05) is 17.7 Å². The zero-order valence-corrected chi connectivity index (χ0v) is 25.1. The highest BCUT2D eigenvalue weighted by atomic mass is 32.2. The number of anilines is 1. The molecule has 4 rings (SSSR count). The SMILES string of the molecule is CC(=O)Oc1ccc(C2C(CCC(OC(C)=O)c3ccc(F)cc3)C(=O)N2c2ccc(CCCNS(C)(=O)=O)cc2)cc1. The lowest BCUT2D eigenvalue weighted by Crippen LogP contribution is -2.55. The van der Waals surface area contributed by atoms with Crippen molar-refractivity contribution in [3.8, 4) is 5.75 Å². The third-order valence-electron chi connectivity index (χ3n) is 7.21. The Morgan fingerprint density at radius 1 is 0.953 bits per heavy atom. The molecule has 3 aromatic rings. The van der Waals surface area contributed by atoms with Gasteiger partial charge in [-0.15, -0.1) is 0 Å². The summed E-state index contributed by atoms with van der Waals surface area (Å²) in [5.41, 5.74) is 3.21. The van der Waals surface area contributed by atoms with E-state index in [2.05, 4.69) is 4.72 Å². The summed E-state index contributed by atoms with van der Waals surface area (Å²) in [5.74, 6) is -1.41. The van der Waals surface area contributed by atoms with Gasteiger partial charge in [0.25, 0.3) is 0 Å². The summed E-state index contributed by atoms with van der Waals surface area (Å²) >= 11 is 0. The number of benzene rings is 3. The van der Waals surface area contributed by atoms with Gasteiger partial charge in [0.15, 0.2) is 0 Å². The molecule has 9 nitrogen and oxygen atoms in total. The third kappa shape index (κ3) is 8.71. The number of sulfonamides is 1. The summed E-state index contributed by atoms with van der Waals surface area (Å²) < 4.78 is 49.3. The Bertz CT molecular complexity index is 1540. The molecule has 1 aliphatic heterocycles. The van der Waals surface area contributed by atoms with Crippen LogP contribution in [0.2, 0.25) is 0 Å². The van der Waals surface area contributed by atoms with Crippen LogP contribution in [-0.2, 0) is 35.6 Å². The number of halogens is 1. The molecule has 1 fully saturated rings. The molecule has 1 aliphatic rings. The quantitative estimate of drug-likeness (QED) is 0.125. The normalized spacial score (nSPS) is 17.2. The number of carbonyl (C=O) groups is 3. The summed E-state index contributed by atoms with van der Waals surface area (Å²) in [6, 6.07) is 20.0. The fraction of sp³-hybridized carbons (Fsp3) is 0.344. The van der Waals surface area contributed by atoms with Crippen molar-refractivity contribution in [2.24, 2.45) is 5.92 Å². The summed E-state index contributed by atoms with van der Waals surface area (Å²) in [5, 5.41) is 0. The number of esters is 2. The van der Waals surface area contributed by atoms with Gasteiger partial charge >= 0.3 is 11.9 Å². The monoisotopic (exact) mass is 610 g/mol. The van der Waals surface area contributed by atoms with Gasteiger partial charge in [0.2, 0.25) is 15.9 Å². The van der Waals surface area contributed by atoms with E-state index in [1.807, 2.05) is 36.4 Å². The number of hydrogen-bond acceptors (Lipinski definition) is 7. The van der Waals surface area contributed by atoms with Gasteiger partial charge in [-0.3, -0.25) is 14.4 Å². The number of rotatable bonds is 13. The van der Waals surface area contributed by atoms with Crippen LogP contribution in [0, 0.1) is 11.7 Å². The minimum atomic E-state index is -3.24. The molecular formula is C32H35FN2O7S. The van der Waals surface area contributed by atoms with Gasteiger partial charge in [-0.2, -0.15) is 0 Å². The molecule has 0 spiro atoms. The number of β-lactam (4-membered cyclic amide) rings is 1. The Balaban J connectivity index is 1.53. The largest absolute Gasteiger partial charge is 0.458 e. The minimum Gasteiger partial charge on any atom is -0.458 e. The fourth-order valence-electron chi connectivity index (χ4n) is 5.27. The molecule has 1 heterocycles. The first-order chi connectivity index (χ1) is 20.4. The maximum atomic E-state index is 13.6. The Labute approximate surface area is 251 Å². The van der Waals surface area contributed by atoms with Crippen molar-refractivity contribution in [2.45, 2.75) is 51.7 Å². The molecule has 0 bridgehead atoms. The van der Waals surface area contributed by atoms with Crippen LogP contribution < -0.4 is 14.4 Å². The van der Waals surface area contributed by atoms with Crippen molar-refractivity contribution >= 4 is 33.6 Å². The third-order valence-corrected chi connectivity index (χ3v) is 7.94. The van der Waals surface area contributed by atoms with Crippen LogP contribution in [0.3, 0.4) is 0 Å². The number of nitrogens with zero attached hydrogens (tertiary/aromatic N) is 1. The molecule has 0 aliphatic carbocycles. The smallest absolute Gasteiger partial charge is 0.308 e. The molecule has 3 atom stereocenters. The van der Waals surface area contributed by atoms with Crippen molar-refractivity contribution in [3.63, 3.8) is 0 Å². The van der Waals surface area contributed by atoms with Gasteiger partial charge in [0.05, 0.1) is 18.2 Å². The predicted molar refractivity (Wildman–Crippen MR) is 159 cm³/mol. The molecule has 3 unspecified atom stereocenters. The molecular weight excluding hydrogens is 575 g/mol. The molecule has 0 radical (unpaired) electrons. The molecule has 3 aromatic carbocycles. The van der Waals surface area contributed by atoms with Crippen LogP contribution in [0.1, 0.15) is 61.9 Å². The number of nitrogens with one attached hydrogen (secondary N) is 1. The zero-order valence-electron chi connectivity index (χ0n) is 24.3. The van der Waals surface area contributed by atoms with E-state index in [0.29, 0.717) is 49.2 Å². The van der Waals surface area contributed by atoms with E-state index in [0.717, 1.165) is 17.4 Å². The van der Waals surface area contributed by atoms with Gasteiger partial charge < -0.3 is 14.4 Å². The van der Waals surface area contributed by atoms with Crippen LogP contribution in [0.25, 0.3) is 0 Å². The van der Waals surface area contributed by atoms with Crippen molar-refractivity contribution in [3.05, 3.63) is 95.3 Å². The van der Waals surface area contributed by atoms with Gasteiger partial charge in [0, 0.05) is 26.1 Å². The zero-order chi connectivity index (χ0) is 31.1. The van der Waals surface area contributed by atoms with Crippen molar-refractivity contribution < 1.29 is 36.7 Å². The average Bonchev–Trinajstić information content (AvgIpc) is 2.94. The molecule has 0 saturated carbocycles. The van der Waals surface area contributed by atoms with E-state index in [9.17, 15) is 27.2 Å². The number of ether oxygens (including phenoxy) is 2. The van der Waals surface area contributed by atoms with Crippen LogP contribution in [-0.4, -0.2) is 39.1 Å². The lowest BCUT2D eigenvalue weighted by molar-refractivity contribution is -0.147. The van der Waals surface area contributed by atoms with Gasteiger partial charge in [-0.25, -0.2) is 17.5 Å². The first-order valence-corrected chi connectivity index (χ1v) is 15.9. The van der Waals surface area contributed by atoms with Crippen LogP contribution >= 0.6 is 0 Å². The van der Waals surface area contributed by atoms with E-state index in [1.165, 1.54) is 26.0 Å². The van der Waals surface area contributed by atoms with Gasteiger partial charge in [-0.05, 0) is 78.8 Å². The van der Waals surface area contributed by atoms with E-state index >= 15 is 0 Å². The molecule has 0 aromatic heterocycles.